The number of aryl methyl sites for hydroxylation is 1. The smallest absolute Gasteiger partial charge is 0.232 e. The number of fused-ring (bicyclic) bond motifs is 1. The van der Waals surface area contributed by atoms with E-state index in [-0.39, 0.29) is 17.3 Å². The number of phenolic OH excluding ortho intramolecular Hbond substituents is 1. The van der Waals surface area contributed by atoms with Gasteiger partial charge in [0.2, 0.25) is 5.78 Å². The van der Waals surface area contributed by atoms with Gasteiger partial charge in [-0.1, -0.05) is 36.6 Å². The molecule has 0 spiro atoms. The second-order valence-electron chi connectivity index (χ2n) is 7.58. The van der Waals surface area contributed by atoms with Crippen LogP contribution in [0, 0.1) is 6.92 Å². The Bertz CT molecular complexity index is 943. The van der Waals surface area contributed by atoms with Gasteiger partial charge in [0.15, 0.2) is 5.76 Å². The molecule has 0 amide bonds. The number of benzene rings is 2. The minimum atomic E-state index is -0.149. The van der Waals surface area contributed by atoms with Crippen LogP contribution in [0.15, 0.2) is 36.1 Å². The average Bonchev–Trinajstić information content (AvgIpc) is 2.83. The molecule has 0 unspecified atom stereocenters. The Morgan fingerprint density at radius 3 is 2.64 bits per heavy atom. The Balaban J connectivity index is 1.69. The number of likely N-dealkylation sites (tertiary alicyclic amines) is 1. The van der Waals surface area contributed by atoms with Crippen LogP contribution in [0.3, 0.4) is 0 Å². The summed E-state index contributed by atoms with van der Waals surface area (Å²) in [7, 11) is 0. The van der Waals surface area contributed by atoms with Crippen molar-refractivity contribution in [3.05, 3.63) is 63.4 Å². The van der Waals surface area contributed by atoms with E-state index in [1.54, 1.807) is 24.3 Å². The fraction of sp³-hybridized carbons (Fsp3) is 0.348. The van der Waals surface area contributed by atoms with Crippen LogP contribution >= 0.6 is 11.6 Å². The molecule has 0 aromatic heterocycles. The standard InChI is InChI=1S/C23H24ClNO3/c1-15-11-19(26)18(14-25-9-4-2-3-5-10-25)23-21(15)22(27)20(28-23)13-16-7-6-8-17(24)12-16/h6-8,11-13,26H,2-5,9-10,14H2,1H3/b20-13-. The molecule has 2 heterocycles. The number of ketones is 1. The van der Waals surface area contributed by atoms with Crippen LogP contribution in [-0.4, -0.2) is 28.9 Å². The molecule has 2 aromatic carbocycles. The molecule has 146 valence electrons. The van der Waals surface area contributed by atoms with Crippen LogP contribution in [0.2, 0.25) is 5.02 Å². The van der Waals surface area contributed by atoms with Crippen molar-refractivity contribution in [3.8, 4) is 11.5 Å². The zero-order valence-electron chi connectivity index (χ0n) is 16.0. The highest BCUT2D eigenvalue weighted by atomic mass is 35.5. The van der Waals surface area contributed by atoms with Crippen LogP contribution in [0.1, 0.15) is 52.7 Å². The predicted octanol–water partition coefficient (Wildman–Crippen LogP) is 5.35. The van der Waals surface area contributed by atoms with Crippen molar-refractivity contribution in [2.24, 2.45) is 0 Å². The monoisotopic (exact) mass is 397 g/mol. The lowest BCUT2D eigenvalue weighted by atomic mass is 9.99. The number of hydrogen-bond acceptors (Lipinski definition) is 4. The van der Waals surface area contributed by atoms with Crippen LogP contribution in [-0.2, 0) is 6.54 Å². The number of nitrogens with zero attached hydrogens (tertiary/aromatic N) is 1. The largest absolute Gasteiger partial charge is 0.507 e. The quantitative estimate of drug-likeness (QED) is 0.709. The molecule has 2 aliphatic heterocycles. The molecule has 4 nitrogen and oxygen atoms in total. The van der Waals surface area contributed by atoms with Crippen molar-refractivity contribution in [1.29, 1.82) is 0 Å². The molecule has 1 fully saturated rings. The number of hydrogen-bond donors (Lipinski definition) is 1. The van der Waals surface area contributed by atoms with Crippen molar-refractivity contribution in [3.63, 3.8) is 0 Å². The molecular formula is C23H24ClNO3. The average molecular weight is 398 g/mol. The molecule has 4 rings (SSSR count). The molecule has 28 heavy (non-hydrogen) atoms. The Kier molecular flexibility index (Phi) is 5.42. The Morgan fingerprint density at radius 1 is 1.18 bits per heavy atom. The first-order valence-corrected chi connectivity index (χ1v) is 10.2. The number of rotatable bonds is 3. The van der Waals surface area contributed by atoms with Crippen LogP contribution in [0.5, 0.6) is 11.5 Å². The van der Waals surface area contributed by atoms with Crippen molar-refractivity contribution in [2.75, 3.05) is 13.1 Å². The molecule has 0 aliphatic carbocycles. The van der Waals surface area contributed by atoms with E-state index in [2.05, 4.69) is 4.90 Å². The summed E-state index contributed by atoms with van der Waals surface area (Å²) in [6.45, 7) is 4.42. The lowest BCUT2D eigenvalue weighted by molar-refractivity contribution is 0.101. The molecule has 5 heteroatoms. The highest BCUT2D eigenvalue weighted by Crippen LogP contribution is 2.42. The predicted molar refractivity (Wildman–Crippen MR) is 111 cm³/mol. The molecule has 1 saturated heterocycles. The minimum Gasteiger partial charge on any atom is -0.507 e. The van der Waals surface area contributed by atoms with E-state index >= 15 is 0 Å². The fourth-order valence-electron chi connectivity index (χ4n) is 4.00. The zero-order valence-corrected chi connectivity index (χ0v) is 16.8. The van der Waals surface area contributed by atoms with Gasteiger partial charge in [-0.2, -0.15) is 0 Å². The Labute approximate surface area is 170 Å². The second kappa shape index (κ2) is 7.98. The van der Waals surface area contributed by atoms with E-state index in [0.29, 0.717) is 28.4 Å². The maximum absolute atomic E-state index is 13.0. The molecule has 0 radical (unpaired) electrons. The van der Waals surface area contributed by atoms with Gasteiger partial charge < -0.3 is 9.84 Å². The summed E-state index contributed by atoms with van der Waals surface area (Å²) in [5, 5.41) is 11.2. The summed E-state index contributed by atoms with van der Waals surface area (Å²) in [6, 6.07) is 8.97. The number of allylic oxidation sites excluding steroid dienone is 1. The molecule has 1 N–H and O–H groups in total. The molecule has 0 atom stereocenters. The summed E-state index contributed by atoms with van der Waals surface area (Å²) >= 11 is 6.06. The molecule has 0 bridgehead atoms. The normalized spacial score (nSPS) is 18.8. The number of aromatic hydroxyl groups is 1. The van der Waals surface area contributed by atoms with Gasteiger partial charge in [-0.25, -0.2) is 0 Å². The van der Waals surface area contributed by atoms with Crippen LogP contribution in [0.25, 0.3) is 6.08 Å². The maximum Gasteiger partial charge on any atom is 0.232 e. The Hall–Kier alpha value is -2.30. The first-order valence-electron chi connectivity index (χ1n) is 9.80. The number of carbonyl (C=O) groups is 1. The van der Waals surface area contributed by atoms with E-state index in [4.69, 9.17) is 16.3 Å². The number of halogens is 1. The third kappa shape index (κ3) is 3.80. The number of phenols is 1. The number of carbonyl (C=O) groups excluding carboxylic acids is 1. The van der Waals surface area contributed by atoms with Crippen molar-refractivity contribution in [2.45, 2.75) is 39.2 Å². The summed E-state index contributed by atoms with van der Waals surface area (Å²) in [4.78, 5) is 15.3. The molecular weight excluding hydrogens is 374 g/mol. The SMILES string of the molecule is Cc1cc(O)c(CN2CCCCCC2)c2c1C(=O)/C(=C/c1cccc(Cl)c1)O2. The topological polar surface area (TPSA) is 49.8 Å². The summed E-state index contributed by atoms with van der Waals surface area (Å²) in [6.07, 6.45) is 6.52. The van der Waals surface area contributed by atoms with E-state index in [0.717, 1.165) is 37.1 Å². The van der Waals surface area contributed by atoms with Crippen molar-refractivity contribution < 1.29 is 14.6 Å². The highest BCUT2D eigenvalue weighted by molar-refractivity contribution is 6.30. The molecule has 2 aromatic rings. The second-order valence-corrected chi connectivity index (χ2v) is 8.02. The molecule has 0 saturated carbocycles. The van der Waals surface area contributed by atoms with Crippen molar-refractivity contribution >= 4 is 23.5 Å². The maximum atomic E-state index is 13.0. The van der Waals surface area contributed by atoms with Gasteiger partial charge in [0.25, 0.3) is 0 Å². The van der Waals surface area contributed by atoms with Gasteiger partial charge in [-0.05, 0) is 68.3 Å². The van der Waals surface area contributed by atoms with E-state index in [9.17, 15) is 9.90 Å². The fourth-order valence-corrected chi connectivity index (χ4v) is 4.20. The lowest BCUT2D eigenvalue weighted by Gasteiger charge is -2.21. The third-order valence-electron chi connectivity index (χ3n) is 5.45. The van der Waals surface area contributed by atoms with E-state index in [1.165, 1.54) is 12.8 Å². The van der Waals surface area contributed by atoms with Gasteiger partial charge >= 0.3 is 0 Å². The van der Waals surface area contributed by atoms with Crippen LogP contribution < -0.4 is 4.74 Å². The highest BCUT2D eigenvalue weighted by Gasteiger charge is 2.33. The van der Waals surface area contributed by atoms with Gasteiger partial charge in [0.1, 0.15) is 11.5 Å². The lowest BCUT2D eigenvalue weighted by Crippen LogP contribution is -2.24. The summed E-state index contributed by atoms with van der Waals surface area (Å²) in [5.41, 5.74) is 2.78. The zero-order chi connectivity index (χ0) is 19.7. The van der Waals surface area contributed by atoms with Crippen molar-refractivity contribution in [1.82, 2.24) is 4.90 Å². The third-order valence-corrected chi connectivity index (χ3v) is 5.68. The van der Waals surface area contributed by atoms with E-state index in [1.807, 2.05) is 19.1 Å². The summed E-state index contributed by atoms with van der Waals surface area (Å²) < 4.78 is 6.01. The Morgan fingerprint density at radius 2 is 1.93 bits per heavy atom. The number of Topliss-reactive ketones (excluding diaryl/α,β-unsaturated/α-hetero) is 1. The summed E-state index contributed by atoms with van der Waals surface area (Å²) in [5.74, 6) is 0.810. The molecule has 2 aliphatic rings. The van der Waals surface area contributed by atoms with Gasteiger partial charge in [0, 0.05) is 11.6 Å². The van der Waals surface area contributed by atoms with Gasteiger partial charge in [-0.15, -0.1) is 0 Å². The first kappa shape index (κ1) is 19.0. The first-order chi connectivity index (χ1) is 13.5. The van der Waals surface area contributed by atoms with Gasteiger partial charge in [-0.3, -0.25) is 9.69 Å². The van der Waals surface area contributed by atoms with Crippen LogP contribution in [0.4, 0.5) is 0 Å². The van der Waals surface area contributed by atoms with E-state index < -0.39 is 0 Å². The minimum absolute atomic E-state index is 0.149. The van der Waals surface area contributed by atoms with Gasteiger partial charge in [0.05, 0.1) is 11.1 Å². The number of ether oxygens (including phenoxy) is 1.